The van der Waals surface area contributed by atoms with Crippen molar-refractivity contribution < 1.29 is 13.2 Å². The van der Waals surface area contributed by atoms with Crippen molar-refractivity contribution in [2.24, 2.45) is 5.73 Å². The Kier molecular flexibility index (Phi) is 4.19. The van der Waals surface area contributed by atoms with Crippen LogP contribution in [0.5, 0.6) is 0 Å². The van der Waals surface area contributed by atoms with Crippen LogP contribution in [0.3, 0.4) is 0 Å². The number of amides is 1. The zero-order valence-corrected chi connectivity index (χ0v) is 15.6. The number of H-pyrrole nitrogens is 1. The third-order valence-corrected chi connectivity index (χ3v) is 7.45. The van der Waals surface area contributed by atoms with Crippen molar-refractivity contribution in [3.63, 3.8) is 0 Å². The summed E-state index contributed by atoms with van der Waals surface area (Å²) < 4.78 is 23.4. The zero-order chi connectivity index (χ0) is 18.5. The Balaban J connectivity index is 1.76. The van der Waals surface area contributed by atoms with Crippen molar-refractivity contribution in [3.8, 4) is 0 Å². The van der Waals surface area contributed by atoms with Gasteiger partial charge in [-0.1, -0.05) is 0 Å². The Morgan fingerprint density at radius 1 is 1.23 bits per heavy atom. The lowest BCUT2D eigenvalue weighted by atomic mass is 9.98. The molecule has 2 fully saturated rings. The third kappa shape index (κ3) is 2.97. The van der Waals surface area contributed by atoms with E-state index in [1.807, 2.05) is 6.07 Å². The monoisotopic (exact) mass is 376 g/mol. The molecule has 26 heavy (non-hydrogen) atoms. The molecule has 3 heterocycles. The van der Waals surface area contributed by atoms with Crippen molar-refractivity contribution in [2.45, 2.75) is 24.8 Å². The Labute approximate surface area is 152 Å². The second kappa shape index (κ2) is 6.28. The summed E-state index contributed by atoms with van der Waals surface area (Å²) in [6.45, 7) is 1.88. The number of aromatic nitrogens is 1. The van der Waals surface area contributed by atoms with E-state index in [1.54, 1.807) is 6.07 Å². The number of likely N-dealkylation sites (N-methyl/N-ethyl adjacent to an activating group) is 1. The summed E-state index contributed by atoms with van der Waals surface area (Å²) in [4.78, 5) is 17.5. The van der Waals surface area contributed by atoms with E-state index in [0.29, 0.717) is 24.4 Å². The summed E-state index contributed by atoms with van der Waals surface area (Å²) in [6, 6.07) is 6.22. The SMILES string of the molecule is CN(c1ccc(C(N)=O)c2[nH]c(C3CCS(=O)(=O)CC3)cc12)C1CNC1. The lowest BCUT2D eigenvalue weighted by molar-refractivity contribution is 0.100. The lowest BCUT2D eigenvalue weighted by Crippen LogP contribution is -2.56. The zero-order valence-electron chi connectivity index (χ0n) is 14.8. The van der Waals surface area contributed by atoms with Gasteiger partial charge in [-0.05, 0) is 31.0 Å². The van der Waals surface area contributed by atoms with Crippen LogP contribution in [0.2, 0.25) is 0 Å². The second-order valence-electron chi connectivity index (χ2n) is 7.36. The van der Waals surface area contributed by atoms with Crippen LogP contribution in [0.15, 0.2) is 18.2 Å². The molecule has 4 rings (SSSR count). The minimum absolute atomic E-state index is 0.162. The molecule has 4 N–H and O–H groups in total. The molecule has 0 unspecified atom stereocenters. The highest BCUT2D eigenvalue weighted by Gasteiger charge is 2.28. The van der Waals surface area contributed by atoms with E-state index in [9.17, 15) is 13.2 Å². The fourth-order valence-corrected chi connectivity index (χ4v) is 5.39. The Morgan fingerprint density at radius 3 is 2.50 bits per heavy atom. The number of primary amides is 1. The van der Waals surface area contributed by atoms with Crippen LogP contribution >= 0.6 is 0 Å². The number of hydrogen-bond acceptors (Lipinski definition) is 5. The van der Waals surface area contributed by atoms with Crippen molar-refractivity contribution in [1.82, 2.24) is 10.3 Å². The predicted molar refractivity (Wildman–Crippen MR) is 103 cm³/mol. The smallest absolute Gasteiger partial charge is 0.250 e. The Hall–Kier alpha value is -2.06. The van der Waals surface area contributed by atoms with Gasteiger partial charge in [-0.2, -0.15) is 0 Å². The molecule has 1 amide bonds. The van der Waals surface area contributed by atoms with Gasteiger partial charge in [0, 0.05) is 42.8 Å². The largest absolute Gasteiger partial charge is 0.369 e. The first kappa shape index (κ1) is 17.4. The van der Waals surface area contributed by atoms with E-state index in [1.165, 1.54) is 0 Å². The van der Waals surface area contributed by atoms with Crippen LogP contribution in [-0.2, 0) is 9.84 Å². The van der Waals surface area contributed by atoms with Gasteiger partial charge in [-0.15, -0.1) is 0 Å². The predicted octanol–water partition coefficient (Wildman–Crippen LogP) is 0.967. The lowest BCUT2D eigenvalue weighted by Gasteiger charge is -2.37. The fourth-order valence-electron chi connectivity index (χ4n) is 3.90. The summed E-state index contributed by atoms with van der Waals surface area (Å²) >= 11 is 0. The van der Waals surface area contributed by atoms with E-state index < -0.39 is 15.7 Å². The number of fused-ring (bicyclic) bond motifs is 1. The molecule has 0 radical (unpaired) electrons. The number of hydrogen-bond donors (Lipinski definition) is 3. The van der Waals surface area contributed by atoms with Gasteiger partial charge in [0.2, 0.25) is 0 Å². The number of benzene rings is 1. The number of anilines is 1. The topological polar surface area (TPSA) is 108 Å². The summed E-state index contributed by atoms with van der Waals surface area (Å²) in [6.07, 6.45) is 1.22. The van der Waals surface area contributed by atoms with E-state index >= 15 is 0 Å². The molecule has 140 valence electrons. The fraction of sp³-hybridized carbons (Fsp3) is 0.500. The van der Waals surface area contributed by atoms with Gasteiger partial charge < -0.3 is 20.9 Å². The quantitative estimate of drug-likeness (QED) is 0.737. The maximum atomic E-state index is 11.9. The minimum Gasteiger partial charge on any atom is -0.369 e. The average molecular weight is 376 g/mol. The van der Waals surface area contributed by atoms with E-state index in [2.05, 4.69) is 28.3 Å². The molecule has 1 aromatic carbocycles. The van der Waals surface area contributed by atoms with Gasteiger partial charge in [0.05, 0.1) is 28.6 Å². The molecule has 2 aliphatic rings. The molecule has 1 aromatic heterocycles. The first-order valence-electron chi connectivity index (χ1n) is 8.95. The van der Waals surface area contributed by atoms with E-state index in [0.717, 1.165) is 35.4 Å². The van der Waals surface area contributed by atoms with Gasteiger partial charge in [0.15, 0.2) is 0 Å². The number of nitrogens with zero attached hydrogens (tertiary/aromatic N) is 1. The number of sulfone groups is 1. The highest BCUT2D eigenvalue weighted by atomic mass is 32.2. The van der Waals surface area contributed by atoms with Crippen molar-refractivity contribution in [2.75, 3.05) is 36.5 Å². The van der Waals surface area contributed by atoms with Crippen molar-refractivity contribution in [3.05, 3.63) is 29.5 Å². The maximum absolute atomic E-state index is 11.9. The standard InChI is InChI=1S/C18H24N4O3S/c1-22(12-9-20-10-12)16-3-2-13(18(19)23)17-14(16)8-15(21-17)11-4-6-26(24,25)7-5-11/h2-3,8,11-12,20-21H,4-7,9-10H2,1H3,(H2,19,23). The number of nitrogens with one attached hydrogen (secondary N) is 2. The molecular weight excluding hydrogens is 352 g/mol. The Morgan fingerprint density at radius 2 is 1.92 bits per heavy atom. The van der Waals surface area contributed by atoms with Crippen LogP contribution in [-0.4, -0.2) is 57.0 Å². The number of nitrogens with two attached hydrogens (primary N) is 1. The maximum Gasteiger partial charge on any atom is 0.250 e. The van der Waals surface area contributed by atoms with E-state index in [-0.39, 0.29) is 17.4 Å². The summed E-state index contributed by atoms with van der Waals surface area (Å²) in [5, 5.41) is 4.25. The molecule has 7 nitrogen and oxygen atoms in total. The molecule has 0 spiro atoms. The van der Waals surface area contributed by atoms with Crippen molar-refractivity contribution >= 4 is 32.3 Å². The summed E-state index contributed by atoms with van der Waals surface area (Å²) in [7, 11) is -0.848. The summed E-state index contributed by atoms with van der Waals surface area (Å²) in [5.74, 6) is 0.135. The minimum atomic E-state index is -2.91. The molecule has 0 atom stereocenters. The first-order chi connectivity index (χ1) is 12.4. The van der Waals surface area contributed by atoms with E-state index in [4.69, 9.17) is 5.73 Å². The van der Waals surface area contributed by atoms with Gasteiger partial charge in [-0.3, -0.25) is 4.79 Å². The van der Waals surface area contributed by atoms with Crippen LogP contribution in [0.1, 0.15) is 34.8 Å². The summed E-state index contributed by atoms with van der Waals surface area (Å²) in [5.41, 5.74) is 8.83. The highest BCUT2D eigenvalue weighted by molar-refractivity contribution is 7.91. The second-order valence-corrected chi connectivity index (χ2v) is 9.66. The molecule has 0 aliphatic carbocycles. The van der Waals surface area contributed by atoms with Gasteiger partial charge >= 0.3 is 0 Å². The van der Waals surface area contributed by atoms with Crippen LogP contribution < -0.4 is 16.0 Å². The number of rotatable bonds is 4. The normalized spacial score (nSPS) is 20.8. The highest BCUT2D eigenvalue weighted by Crippen LogP contribution is 2.36. The number of aromatic amines is 1. The van der Waals surface area contributed by atoms with Crippen molar-refractivity contribution in [1.29, 1.82) is 0 Å². The van der Waals surface area contributed by atoms with Crippen LogP contribution in [0.4, 0.5) is 5.69 Å². The molecule has 2 saturated heterocycles. The molecular formula is C18H24N4O3S. The molecule has 2 aromatic rings. The van der Waals surface area contributed by atoms with Gasteiger partial charge in [0.1, 0.15) is 9.84 Å². The Bertz CT molecular complexity index is 948. The molecule has 0 bridgehead atoms. The first-order valence-corrected chi connectivity index (χ1v) is 10.8. The number of carbonyl (C=O) groups excluding carboxylic acids is 1. The third-order valence-electron chi connectivity index (χ3n) is 5.74. The van der Waals surface area contributed by atoms with Gasteiger partial charge in [0.25, 0.3) is 5.91 Å². The van der Waals surface area contributed by atoms with Crippen LogP contribution in [0.25, 0.3) is 10.9 Å². The average Bonchev–Trinajstić information content (AvgIpc) is 2.96. The molecule has 2 aliphatic heterocycles. The molecule has 0 saturated carbocycles. The number of carbonyl (C=O) groups is 1. The van der Waals surface area contributed by atoms with Gasteiger partial charge in [-0.25, -0.2) is 8.42 Å². The van der Waals surface area contributed by atoms with Crippen LogP contribution in [0, 0.1) is 0 Å². The molecule has 8 heteroatoms.